The fourth-order valence-electron chi connectivity index (χ4n) is 2.56. The highest BCUT2D eigenvalue weighted by Gasteiger charge is 2.14. The quantitative estimate of drug-likeness (QED) is 0.741. The molecule has 3 aromatic rings. The molecule has 25 heavy (non-hydrogen) atoms. The minimum Gasteiger partial charge on any atom is -0.366 e. The Hall–Kier alpha value is -3.35. The summed E-state index contributed by atoms with van der Waals surface area (Å²) in [6, 6.07) is 7.37. The van der Waals surface area contributed by atoms with Crippen molar-refractivity contribution in [2.45, 2.75) is 13.8 Å². The highest BCUT2D eigenvalue weighted by molar-refractivity contribution is 6.22. The molecule has 1 aromatic carbocycles. The van der Waals surface area contributed by atoms with Crippen molar-refractivity contribution in [3.63, 3.8) is 0 Å². The summed E-state index contributed by atoms with van der Waals surface area (Å²) < 4.78 is 15.2. The molecule has 1 amide bonds. The van der Waals surface area contributed by atoms with Crippen molar-refractivity contribution in [3.05, 3.63) is 65.5 Å². The van der Waals surface area contributed by atoms with E-state index in [9.17, 15) is 9.18 Å². The van der Waals surface area contributed by atoms with E-state index in [0.29, 0.717) is 5.82 Å². The smallest absolute Gasteiger partial charge is 0.250 e. The predicted molar refractivity (Wildman–Crippen MR) is 92.5 cm³/mol. The first-order valence-electron chi connectivity index (χ1n) is 7.55. The normalized spacial score (nSPS) is 11.6. The number of nitrogens with zero attached hydrogens (tertiary/aromatic N) is 4. The SMILES string of the molecule is Cc1cc(C)cc(-c2ncn(C=C(C(N)=O)c3ccncc3F)n2)c1. The first-order chi connectivity index (χ1) is 11.9. The number of hydrogen-bond donors (Lipinski definition) is 1. The van der Waals surface area contributed by atoms with E-state index in [1.54, 1.807) is 0 Å². The van der Waals surface area contributed by atoms with Crippen molar-refractivity contribution in [2.24, 2.45) is 5.73 Å². The zero-order valence-electron chi connectivity index (χ0n) is 13.8. The van der Waals surface area contributed by atoms with Gasteiger partial charge in [0.2, 0.25) is 0 Å². The molecule has 0 spiro atoms. The van der Waals surface area contributed by atoms with Gasteiger partial charge in [0.15, 0.2) is 5.82 Å². The van der Waals surface area contributed by atoms with Crippen molar-refractivity contribution in [1.82, 2.24) is 19.7 Å². The lowest BCUT2D eigenvalue weighted by Gasteiger charge is -2.04. The summed E-state index contributed by atoms with van der Waals surface area (Å²) in [5.74, 6) is -0.905. The summed E-state index contributed by atoms with van der Waals surface area (Å²) in [4.78, 5) is 19.6. The van der Waals surface area contributed by atoms with Gasteiger partial charge in [-0.05, 0) is 32.0 Å². The molecule has 0 aliphatic carbocycles. The maximum absolute atomic E-state index is 13.9. The number of amides is 1. The first kappa shape index (κ1) is 16.5. The van der Waals surface area contributed by atoms with Crippen LogP contribution in [-0.2, 0) is 4.79 Å². The van der Waals surface area contributed by atoms with Gasteiger partial charge in [-0.25, -0.2) is 14.1 Å². The number of aryl methyl sites for hydroxylation is 2. The van der Waals surface area contributed by atoms with Gasteiger partial charge in [-0.3, -0.25) is 9.78 Å². The summed E-state index contributed by atoms with van der Waals surface area (Å²) in [7, 11) is 0. The van der Waals surface area contributed by atoms with Crippen LogP contribution < -0.4 is 5.73 Å². The number of carbonyl (C=O) groups excluding carboxylic acids is 1. The van der Waals surface area contributed by atoms with Gasteiger partial charge in [0.1, 0.15) is 12.1 Å². The van der Waals surface area contributed by atoms with E-state index >= 15 is 0 Å². The highest BCUT2D eigenvalue weighted by Crippen LogP contribution is 2.20. The third-order valence-corrected chi connectivity index (χ3v) is 3.58. The average molecular weight is 337 g/mol. The summed E-state index contributed by atoms with van der Waals surface area (Å²) in [5.41, 5.74) is 8.48. The molecule has 2 N–H and O–H groups in total. The van der Waals surface area contributed by atoms with Crippen molar-refractivity contribution >= 4 is 17.7 Å². The molecule has 126 valence electrons. The van der Waals surface area contributed by atoms with Crippen molar-refractivity contribution in [3.8, 4) is 11.4 Å². The summed E-state index contributed by atoms with van der Waals surface area (Å²) >= 11 is 0. The van der Waals surface area contributed by atoms with Crippen LogP contribution in [0.1, 0.15) is 16.7 Å². The fraction of sp³-hybridized carbons (Fsp3) is 0.111. The molecule has 3 rings (SSSR count). The molecule has 0 atom stereocenters. The average Bonchev–Trinajstić information content (AvgIpc) is 3.01. The van der Waals surface area contributed by atoms with E-state index in [0.717, 1.165) is 22.9 Å². The lowest BCUT2D eigenvalue weighted by atomic mass is 10.1. The number of pyridine rings is 1. The maximum Gasteiger partial charge on any atom is 0.250 e. The van der Waals surface area contributed by atoms with E-state index in [-0.39, 0.29) is 11.1 Å². The van der Waals surface area contributed by atoms with Crippen molar-refractivity contribution in [2.75, 3.05) is 0 Å². The number of carbonyl (C=O) groups is 1. The van der Waals surface area contributed by atoms with E-state index in [1.807, 2.05) is 26.0 Å². The van der Waals surface area contributed by atoms with Crippen LogP contribution in [0.4, 0.5) is 4.39 Å². The molecular weight excluding hydrogens is 321 g/mol. The Morgan fingerprint density at radius 2 is 1.96 bits per heavy atom. The summed E-state index contributed by atoms with van der Waals surface area (Å²) in [6.45, 7) is 3.98. The first-order valence-corrected chi connectivity index (χ1v) is 7.55. The number of rotatable bonds is 4. The van der Waals surface area contributed by atoms with Crippen LogP contribution in [0.2, 0.25) is 0 Å². The monoisotopic (exact) mass is 337 g/mol. The fourth-order valence-corrected chi connectivity index (χ4v) is 2.56. The third kappa shape index (κ3) is 3.60. The van der Waals surface area contributed by atoms with Gasteiger partial charge in [-0.15, -0.1) is 5.10 Å². The zero-order chi connectivity index (χ0) is 18.0. The molecule has 0 saturated heterocycles. The minimum atomic E-state index is -0.770. The van der Waals surface area contributed by atoms with E-state index in [4.69, 9.17) is 5.73 Å². The van der Waals surface area contributed by atoms with Crippen LogP contribution in [0.15, 0.2) is 43.0 Å². The van der Waals surface area contributed by atoms with Gasteiger partial charge in [-0.1, -0.05) is 17.2 Å². The van der Waals surface area contributed by atoms with Crippen LogP contribution in [0, 0.1) is 19.7 Å². The maximum atomic E-state index is 13.9. The molecule has 0 saturated carbocycles. The van der Waals surface area contributed by atoms with Crippen LogP contribution in [0.3, 0.4) is 0 Å². The Labute approximate surface area is 143 Å². The van der Waals surface area contributed by atoms with Crippen molar-refractivity contribution < 1.29 is 9.18 Å². The lowest BCUT2D eigenvalue weighted by molar-refractivity contribution is -0.112. The predicted octanol–water partition coefficient (Wildman–Crippen LogP) is 2.58. The second-order valence-electron chi connectivity index (χ2n) is 5.69. The Kier molecular flexibility index (Phi) is 4.38. The van der Waals surface area contributed by atoms with Crippen LogP contribution in [0.5, 0.6) is 0 Å². The van der Waals surface area contributed by atoms with Gasteiger partial charge in [0.25, 0.3) is 5.91 Å². The van der Waals surface area contributed by atoms with E-state index in [1.165, 1.54) is 29.5 Å². The number of aromatic nitrogens is 4. The Bertz CT molecular complexity index is 957. The Balaban J connectivity index is 2.02. The topological polar surface area (TPSA) is 86.7 Å². The molecular formula is C18H16FN5O. The number of hydrogen-bond acceptors (Lipinski definition) is 4. The molecule has 0 aliphatic heterocycles. The van der Waals surface area contributed by atoms with Crippen LogP contribution >= 0.6 is 0 Å². The number of benzene rings is 1. The molecule has 0 fully saturated rings. The largest absolute Gasteiger partial charge is 0.366 e. The molecule has 6 nitrogen and oxygen atoms in total. The molecule has 2 heterocycles. The molecule has 0 aliphatic rings. The third-order valence-electron chi connectivity index (χ3n) is 3.58. The second-order valence-corrected chi connectivity index (χ2v) is 5.69. The van der Waals surface area contributed by atoms with Gasteiger partial charge in [0, 0.05) is 23.5 Å². The number of nitrogens with two attached hydrogens (primary N) is 1. The summed E-state index contributed by atoms with van der Waals surface area (Å²) in [6.07, 6.45) is 5.20. The number of halogens is 1. The van der Waals surface area contributed by atoms with Crippen LogP contribution in [0.25, 0.3) is 23.2 Å². The van der Waals surface area contributed by atoms with Gasteiger partial charge in [0.05, 0.1) is 11.8 Å². The van der Waals surface area contributed by atoms with Gasteiger partial charge in [-0.2, -0.15) is 0 Å². The number of primary amides is 1. The van der Waals surface area contributed by atoms with Gasteiger partial charge >= 0.3 is 0 Å². The van der Waals surface area contributed by atoms with Crippen molar-refractivity contribution in [1.29, 1.82) is 0 Å². The Morgan fingerprint density at radius 1 is 1.24 bits per heavy atom. The second kappa shape index (κ2) is 6.64. The minimum absolute atomic E-state index is 0.0169. The summed E-state index contributed by atoms with van der Waals surface area (Å²) in [5, 5.41) is 4.32. The molecule has 7 heteroatoms. The lowest BCUT2D eigenvalue weighted by Crippen LogP contribution is -2.14. The standard InChI is InChI=1S/C18H16FN5O/c1-11-5-12(2)7-13(6-11)18-22-10-24(23-18)9-15(17(20)25)14-3-4-21-8-16(14)19/h3-10H,1-2H3,(H2,20,25). The van der Waals surface area contributed by atoms with Crippen LogP contribution in [-0.4, -0.2) is 25.7 Å². The highest BCUT2D eigenvalue weighted by atomic mass is 19.1. The van der Waals surface area contributed by atoms with E-state index in [2.05, 4.69) is 21.1 Å². The molecule has 0 radical (unpaired) electrons. The molecule has 2 aromatic heterocycles. The molecule has 0 bridgehead atoms. The van der Waals surface area contributed by atoms with Gasteiger partial charge < -0.3 is 5.73 Å². The zero-order valence-corrected chi connectivity index (χ0v) is 13.8. The molecule has 0 unspecified atom stereocenters. The van der Waals surface area contributed by atoms with E-state index < -0.39 is 11.7 Å². The Morgan fingerprint density at radius 3 is 2.60 bits per heavy atom.